The Hall–Kier alpha value is -3.01. The van der Waals surface area contributed by atoms with E-state index in [1.54, 1.807) is 31.4 Å². The molecule has 0 heterocycles. The van der Waals surface area contributed by atoms with Gasteiger partial charge in [0.25, 0.3) is 5.91 Å². The Balaban J connectivity index is 1.50. The van der Waals surface area contributed by atoms with Gasteiger partial charge in [0.2, 0.25) is 0 Å². The minimum Gasteiger partial charge on any atom is -0.497 e. The van der Waals surface area contributed by atoms with E-state index in [4.69, 9.17) is 9.47 Å². The number of nitrogens with one attached hydrogen (secondary N) is 1. The number of rotatable bonds is 6. The van der Waals surface area contributed by atoms with Crippen LogP contribution in [0, 0.1) is 0 Å². The van der Waals surface area contributed by atoms with Gasteiger partial charge in [-0.25, -0.2) is 0 Å². The zero-order valence-corrected chi connectivity index (χ0v) is 13.5. The predicted octanol–water partition coefficient (Wildman–Crippen LogP) is 3.54. The maximum Gasteiger partial charge on any atom is 0.258 e. The van der Waals surface area contributed by atoms with Crippen LogP contribution in [0.3, 0.4) is 0 Å². The first kappa shape index (κ1) is 15.9. The Morgan fingerprint density at radius 3 is 2.38 bits per heavy atom. The van der Waals surface area contributed by atoms with Crippen LogP contribution in [-0.2, 0) is 11.3 Å². The van der Waals surface area contributed by atoms with Crippen molar-refractivity contribution in [2.75, 3.05) is 13.7 Å². The average molecular weight is 321 g/mol. The molecule has 0 saturated carbocycles. The highest BCUT2D eigenvalue weighted by Gasteiger charge is 2.04. The van der Waals surface area contributed by atoms with Crippen LogP contribution < -0.4 is 14.8 Å². The van der Waals surface area contributed by atoms with Gasteiger partial charge in [-0.3, -0.25) is 4.79 Å². The summed E-state index contributed by atoms with van der Waals surface area (Å²) in [5.74, 6) is 1.23. The van der Waals surface area contributed by atoms with Crippen LogP contribution in [-0.4, -0.2) is 19.6 Å². The molecule has 1 amide bonds. The second-order valence-electron chi connectivity index (χ2n) is 5.42. The molecule has 3 aromatic rings. The van der Waals surface area contributed by atoms with E-state index in [0.29, 0.717) is 12.3 Å². The summed E-state index contributed by atoms with van der Waals surface area (Å²) in [5, 5.41) is 5.22. The fourth-order valence-corrected chi connectivity index (χ4v) is 2.42. The molecule has 24 heavy (non-hydrogen) atoms. The molecule has 4 nitrogen and oxygen atoms in total. The van der Waals surface area contributed by atoms with Gasteiger partial charge in [-0.1, -0.05) is 36.4 Å². The van der Waals surface area contributed by atoms with Crippen molar-refractivity contribution in [3.05, 3.63) is 72.3 Å². The molecule has 0 aliphatic rings. The molecule has 1 N–H and O–H groups in total. The Morgan fingerprint density at radius 2 is 1.62 bits per heavy atom. The van der Waals surface area contributed by atoms with Crippen LogP contribution in [0.15, 0.2) is 66.7 Å². The van der Waals surface area contributed by atoms with Crippen molar-refractivity contribution >= 4 is 16.7 Å². The molecular formula is C20H19NO3. The summed E-state index contributed by atoms with van der Waals surface area (Å²) >= 11 is 0. The van der Waals surface area contributed by atoms with Gasteiger partial charge in [-0.05, 0) is 46.7 Å². The van der Waals surface area contributed by atoms with Gasteiger partial charge >= 0.3 is 0 Å². The third kappa shape index (κ3) is 4.04. The van der Waals surface area contributed by atoms with Crippen LogP contribution >= 0.6 is 0 Å². The van der Waals surface area contributed by atoms with Crippen LogP contribution in [0.5, 0.6) is 11.5 Å². The first-order valence-electron chi connectivity index (χ1n) is 7.76. The number of amides is 1. The van der Waals surface area contributed by atoms with Crippen molar-refractivity contribution < 1.29 is 14.3 Å². The number of carbonyl (C=O) groups is 1. The summed E-state index contributed by atoms with van der Waals surface area (Å²) < 4.78 is 10.5. The second-order valence-corrected chi connectivity index (χ2v) is 5.42. The molecule has 0 spiro atoms. The molecule has 0 aliphatic carbocycles. The summed E-state index contributed by atoms with van der Waals surface area (Å²) in [7, 11) is 1.61. The largest absolute Gasteiger partial charge is 0.497 e. The van der Waals surface area contributed by atoms with E-state index in [2.05, 4.69) is 29.6 Å². The van der Waals surface area contributed by atoms with Crippen LogP contribution in [0.1, 0.15) is 5.56 Å². The van der Waals surface area contributed by atoms with E-state index in [9.17, 15) is 4.79 Å². The Kier molecular flexibility index (Phi) is 4.96. The lowest BCUT2D eigenvalue weighted by Gasteiger charge is -2.09. The lowest BCUT2D eigenvalue weighted by molar-refractivity contribution is -0.123. The summed E-state index contributed by atoms with van der Waals surface area (Å²) in [4.78, 5) is 11.9. The summed E-state index contributed by atoms with van der Waals surface area (Å²) in [6.45, 7) is 0.468. The second kappa shape index (κ2) is 7.51. The number of fused-ring (bicyclic) bond motifs is 1. The number of hydrogen-bond acceptors (Lipinski definition) is 3. The van der Waals surface area contributed by atoms with E-state index in [-0.39, 0.29) is 12.5 Å². The topological polar surface area (TPSA) is 47.6 Å². The molecule has 0 radical (unpaired) electrons. The SMILES string of the molecule is COc1ccc(OCC(=O)NCc2ccc3ccccc3c2)cc1. The minimum absolute atomic E-state index is 0.0140. The van der Waals surface area contributed by atoms with Gasteiger partial charge < -0.3 is 14.8 Å². The number of ether oxygens (including phenoxy) is 2. The fraction of sp³-hybridized carbons (Fsp3) is 0.150. The highest BCUT2D eigenvalue weighted by molar-refractivity contribution is 5.83. The van der Waals surface area contributed by atoms with E-state index >= 15 is 0 Å². The zero-order valence-electron chi connectivity index (χ0n) is 13.5. The van der Waals surface area contributed by atoms with Gasteiger partial charge in [0.15, 0.2) is 6.61 Å². The Bertz CT molecular complexity index is 828. The number of hydrogen-bond donors (Lipinski definition) is 1. The minimum atomic E-state index is -0.154. The maximum atomic E-state index is 11.9. The molecule has 0 saturated heterocycles. The molecule has 0 atom stereocenters. The molecule has 3 rings (SSSR count). The van der Waals surface area contributed by atoms with Gasteiger partial charge in [-0.2, -0.15) is 0 Å². The molecule has 0 bridgehead atoms. The van der Waals surface area contributed by atoms with Crippen molar-refractivity contribution in [1.82, 2.24) is 5.32 Å². The normalized spacial score (nSPS) is 10.4. The van der Waals surface area contributed by atoms with E-state index < -0.39 is 0 Å². The Labute approximate surface area is 141 Å². The van der Waals surface area contributed by atoms with Crippen LogP contribution in [0.4, 0.5) is 0 Å². The molecule has 0 aromatic heterocycles. The Morgan fingerprint density at radius 1 is 0.917 bits per heavy atom. The molecule has 0 unspecified atom stereocenters. The monoisotopic (exact) mass is 321 g/mol. The zero-order chi connectivity index (χ0) is 16.8. The third-order valence-corrected chi connectivity index (χ3v) is 3.73. The highest BCUT2D eigenvalue weighted by Crippen LogP contribution is 2.17. The van der Waals surface area contributed by atoms with Crippen molar-refractivity contribution in [3.8, 4) is 11.5 Å². The molecule has 3 aromatic carbocycles. The number of benzene rings is 3. The molecular weight excluding hydrogens is 302 g/mol. The number of methoxy groups -OCH3 is 1. The number of carbonyl (C=O) groups excluding carboxylic acids is 1. The molecule has 0 aliphatic heterocycles. The third-order valence-electron chi connectivity index (χ3n) is 3.73. The summed E-state index contributed by atoms with van der Waals surface area (Å²) in [5.41, 5.74) is 1.06. The molecule has 4 heteroatoms. The lowest BCUT2D eigenvalue weighted by atomic mass is 10.1. The van der Waals surface area contributed by atoms with Crippen LogP contribution in [0.25, 0.3) is 10.8 Å². The van der Waals surface area contributed by atoms with Crippen molar-refractivity contribution in [3.63, 3.8) is 0 Å². The maximum absolute atomic E-state index is 11.9. The van der Waals surface area contributed by atoms with E-state index in [0.717, 1.165) is 11.3 Å². The van der Waals surface area contributed by atoms with Gasteiger partial charge in [-0.15, -0.1) is 0 Å². The quantitative estimate of drug-likeness (QED) is 0.755. The van der Waals surface area contributed by atoms with Gasteiger partial charge in [0.05, 0.1) is 7.11 Å². The smallest absolute Gasteiger partial charge is 0.258 e. The first-order chi connectivity index (χ1) is 11.7. The molecule has 0 fully saturated rings. The standard InChI is InChI=1S/C20H19NO3/c1-23-18-8-10-19(11-9-18)24-14-20(22)21-13-15-6-7-16-4-2-3-5-17(16)12-15/h2-12H,13-14H2,1H3,(H,21,22). The molecule has 122 valence electrons. The van der Waals surface area contributed by atoms with Crippen molar-refractivity contribution in [2.45, 2.75) is 6.54 Å². The van der Waals surface area contributed by atoms with E-state index in [1.807, 2.05) is 18.2 Å². The van der Waals surface area contributed by atoms with Crippen LogP contribution in [0.2, 0.25) is 0 Å². The van der Waals surface area contributed by atoms with E-state index in [1.165, 1.54) is 10.8 Å². The highest BCUT2D eigenvalue weighted by atomic mass is 16.5. The average Bonchev–Trinajstić information content (AvgIpc) is 2.65. The van der Waals surface area contributed by atoms with Crippen molar-refractivity contribution in [1.29, 1.82) is 0 Å². The first-order valence-corrected chi connectivity index (χ1v) is 7.76. The van der Waals surface area contributed by atoms with Gasteiger partial charge in [0, 0.05) is 6.54 Å². The fourth-order valence-electron chi connectivity index (χ4n) is 2.42. The van der Waals surface area contributed by atoms with Crippen molar-refractivity contribution in [2.24, 2.45) is 0 Å². The summed E-state index contributed by atoms with van der Waals surface area (Å²) in [6, 6.07) is 21.5. The summed E-state index contributed by atoms with van der Waals surface area (Å²) in [6.07, 6.45) is 0. The lowest BCUT2D eigenvalue weighted by Crippen LogP contribution is -2.28. The van der Waals surface area contributed by atoms with Gasteiger partial charge in [0.1, 0.15) is 11.5 Å². The predicted molar refractivity (Wildman–Crippen MR) is 94.3 cm³/mol.